The number of anilines is 3. The Balaban J connectivity index is 1.27. The lowest BCUT2D eigenvalue weighted by Crippen LogP contribution is -2.46. The molecule has 9 heteroatoms. The highest BCUT2D eigenvalue weighted by molar-refractivity contribution is 6.71. The van der Waals surface area contributed by atoms with Crippen LogP contribution in [-0.2, 0) is 21.7 Å². The Bertz CT molecular complexity index is 1800. The Morgan fingerprint density at radius 2 is 1.56 bits per heavy atom. The molecule has 8 nitrogen and oxygen atoms in total. The normalized spacial score (nSPS) is 23.9. The van der Waals surface area contributed by atoms with Crippen molar-refractivity contribution in [2.45, 2.75) is 50.2 Å². The van der Waals surface area contributed by atoms with Crippen LogP contribution < -0.4 is 14.5 Å². The van der Waals surface area contributed by atoms with Crippen LogP contribution in [0.3, 0.4) is 0 Å². The fraction of sp³-hybridized carbons (Fsp3) is 0.278. The summed E-state index contributed by atoms with van der Waals surface area (Å²) in [7, 11) is -2.77. The first-order chi connectivity index (χ1) is 21.6. The molecule has 0 bridgehead atoms. The maximum absolute atomic E-state index is 14.6. The second kappa shape index (κ2) is 11.0. The second-order valence-corrected chi connectivity index (χ2v) is 16.6. The Kier molecular flexibility index (Phi) is 7.16. The highest BCUT2D eigenvalue weighted by atomic mass is 28.4. The Morgan fingerprint density at radius 1 is 0.867 bits per heavy atom. The average Bonchev–Trinajstić information content (AvgIpc) is 3.40. The largest absolute Gasteiger partial charge is 0.454 e. The summed E-state index contributed by atoms with van der Waals surface area (Å²) in [4.78, 5) is 43.3. The zero-order valence-corrected chi connectivity index (χ0v) is 26.5. The van der Waals surface area contributed by atoms with E-state index in [1.807, 2.05) is 105 Å². The zero-order valence-electron chi connectivity index (χ0n) is 25.5. The van der Waals surface area contributed by atoms with E-state index in [1.165, 1.54) is 0 Å². The molecule has 3 heterocycles. The number of ether oxygens (including phenoxy) is 2. The lowest BCUT2D eigenvalue weighted by Gasteiger charge is -2.32. The van der Waals surface area contributed by atoms with E-state index in [2.05, 4.69) is 0 Å². The number of carbonyl (C=O) groups excluding carboxylic acids is 2. The fourth-order valence-electron chi connectivity index (χ4n) is 7.63. The summed E-state index contributed by atoms with van der Waals surface area (Å²) in [5.41, 5.74) is 2.63. The minimum Gasteiger partial charge on any atom is -0.454 e. The van der Waals surface area contributed by atoms with Gasteiger partial charge in [0.1, 0.15) is 5.75 Å². The molecule has 0 aromatic heterocycles. The van der Waals surface area contributed by atoms with Crippen molar-refractivity contribution in [3.63, 3.8) is 0 Å². The van der Waals surface area contributed by atoms with Crippen LogP contribution in [0, 0.1) is 5.92 Å². The van der Waals surface area contributed by atoms with Gasteiger partial charge in [0.2, 0.25) is 0 Å². The average molecular weight is 621 g/mol. The van der Waals surface area contributed by atoms with Gasteiger partial charge in [-0.25, -0.2) is 0 Å². The minimum absolute atomic E-state index is 0.0886. The summed E-state index contributed by atoms with van der Waals surface area (Å²) in [6.07, 6.45) is -0.0835. The van der Waals surface area contributed by atoms with E-state index in [4.69, 9.17) is 9.47 Å². The number of fused-ring (bicyclic) bond motifs is 4. The maximum atomic E-state index is 14.6. The van der Waals surface area contributed by atoms with Gasteiger partial charge in [-0.2, -0.15) is 0 Å². The van der Waals surface area contributed by atoms with Gasteiger partial charge in [0.05, 0.1) is 29.6 Å². The molecule has 1 spiro atoms. The first-order valence-electron chi connectivity index (χ1n) is 15.4. The number of hydrogen-bond acceptors (Lipinski definition) is 6. The topological polar surface area (TPSA) is 99.5 Å². The van der Waals surface area contributed by atoms with E-state index in [-0.39, 0.29) is 36.4 Å². The molecule has 2 amide bonds. The first kappa shape index (κ1) is 29.4. The Hall–Kier alpha value is -4.28. The number of carbonyl (C=O) groups is 2. The number of amides is 2. The predicted molar refractivity (Wildman–Crippen MR) is 174 cm³/mol. The van der Waals surface area contributed by atoms with Gasteiger partial charge in [-0.1, -0.05) is 61.5 Å². The number of benzene rings is 4. The number of para-hydroxylation sites is 4. The van der Waals surface area contributed by atoms with Gasteiger partial charge in [0, 0.05) is 29.3 Å². The molecule has 2 N–H and O–H groups in total. The quantitative estimate of drug-likeness (QED) is 0.239. The molecule has 1 fully saturated rings. The van der Waals surface area contributed by atoms with Gasteiger partial charge in [-0.15, -0.1) is 0 Å². The minimum atomic E-state index is -2.77. The molecule has 7 rings (SSSR count). The van der Waals surface area contributed by atoms with Crippen molar-refractivity contribution in [1.29, 1.82) is 0 Å². The number of aliphatic hydroxyl groups is 1. The van der Waals surface area contributed by atoms with Crippen molar-refractivity contribution in [2.24, 2.45) is 5.92 Å². The molecule has 4 aromatic carbocycles. The highest BCUT2D eigenvalue weighted by Gasteiger charge is 2.66. The molecule has 0 aliphatic carbocycles. The summed E-state index contributed by atoms with van der Waals surface area (Å²) >= 11 is 0. The fourth-order valence-corrected chi connectivity index (χ4v) is 10.2. The van der Waals surface area contributed by atoms with E-state index in [1.54, 1.807) is 21.9 Å². The van der Waals surface area contributed by atoms with Gasteiger partial charge in [-0.3, -0.25) is 14.5 Å². The van der Waals surface area contributed by atoms with Gasteiger partial charge in [0.15, 0.2) is 19.7 Å². The summed E-state index contributed by atoms with van der Waals surface area (Å²) in [6.45, 7) is 5.92. The molecular formula is C36H36N2O6Si. The summed E-state index contributed by atoms with van der Waals surface area (Å²) < 4.78 is 12.9. The first-order valence-corrected chi connectivity index (χ1v) is 18.4. The van der Waals surface area contributed by atoms with E-state index in [0.29, 0.717) is 34.9 Å². The SMILES string of the molecule is C[C@@H]1[C@@H]([Si](C)(C)O)[C@H](CCO)O[C@@]12C(=O)N(Cc1cccc(N3C(=O)c4ccccc4Oc4ccccc43)c1)c1ccccc12. The zero-order chi connectivity index (χ0) is 31.5. The van der Waals surface area contributed by atoms with Crippen LogP contribution in [0.15, 0.2) is 97.1 Å². The summed E-state index contributed by atoms with van der Waals surface area (Å²) in [5, 5.41) is 9.84. The van der Waals surface area contributed by atoms with Gasteiger partial charge in [0.25, 0.3) is 11.8 Å². The molecule has 0 saturated carbocycles. The van der Waals surface area contributed by atoms with Crippen LogP contribution in [0.2, 0.25) is 18.6 Å². The molecular weight excluding hydrogens is 584 g/mol. The highest BCUT2D eigenvalue weighted by Crippen LogP contribution is 2.59. The molecule has 45 heavy (non-hydrogen) atoms. The lowest BCUT2D eigenvalue weighted by atomic mass is 9.82. The summed E-state index contributed by atoms with van der Waals surface area (Å²) in [6, 6.07) is 30.0. The second-order valence-electron chi connectivity index (χ2n) is 12.7. The van der Waals surface area contributed by atoms with Crippen molar-refractivity contribution in [3.8, 4) is 11.5 Å². The standard InChI is InChI=1S/C36H36N2O6Si/c1-23-33(45(2,3)42)32(19-20-39)44-36(23)27-14-5-6-15-28(27)37(35(36)41)22-24-11-10-12-25(21-24)38-29-16-7-9-18-31(29)43-30-17-8-4-13-26(30)34(38)40/h4-18,21,23,32-33,39,42H,19-20,22H2,1-3H3/t23-,32+,33-,36+/m1/s1. The van der Waals surface area contributed by atoms with E-state index in [9.17, 15) is 19.5 Å². The Labute approximate surface area is 263 Å². The number of hydrogen-bond donors (Lipinski definition) is 2. The molecule has 4 atom stereocenters. The van der Waals surface area contributed by atoms with E-state index >= 15 is 0 Å². The van der Waals surface area contributed by atoms with Gasteiger partial charge in [-0.05, 0) is 67.5 Å². The van der Waals surface area contributed by atoms with E-state index in [0.717, 1.165) is 16.8 Å². The molecule has 0 radical (unpaired) electrons. The van der Waals surface area contributed by atoms with Crippen molar-refractivity contribution < 1.29 is 29.0 Å². The monoisotopic (exact) mass is 620 g/mol. The lowest BCUT2D eigenvalue weighted by molar-refractivity contribution is -0.146. The van der Waals surface area contributed by atoms with Crippen LogP contribution in [0.1, 0.15) is 34.8 Å². The van der Waals surface area contributed by atoms with Gasteiger partial charge >= 0.3 is 0 Å². The molecule has 3 aliphatic heterocycles. The molecule has 230 valence electrons. The third-order valence-corrected chi connectivity index (χ3v) is 12.0. The molecule has 4 aromatic rings. The maximum Gasteiger partial charge on any atom is 0.266 e. The number of nitrogens with zero attached hydrogens (tertiary/aromatic N) is 2. The smallest absolute Gasteiger partial charge is 0.266 e. The number of aliphatic hydroxyl groups excluding tert-OH is 1. The molecule has 0 unspecified atom stereocenters. The van der Waals surface area contributed by atoms with Crippen molar-refractivity contribution >= 4 is 37.2 Å². The van der Waals surface area contributed by atoms with Crippen LogP contribution in [0.5, 0.6) is 11.5 Å². The third-order valence-electron chi connectivity index (χ3n) is 9.46. The van der Waals surface area contributed by atoms with E-state index < -0.39 is 20.0 Å². The molecule has 3 aliphatic rings. The third kappa shape index (κ3) is 4.61. The predicted octanol–water partition coefficient (Wildman–Crippen LogP) is 6.50. The Morgan fingerprint density at radius 3 is 2.31 bits per heavy atom. The van der Waals surface area contributed by atoms with Crippen LogP contribution in [0.25, 0.3) is 0 Å². The van der Waals surface area contributed by atoms with Crippen LogP contribution >= 0.6 is 0 Å². The van der Waals surface area contributed by atoms with Crippen LogP contribution in [-0.4, -0.2) is 42.7 Å². The van der Waals surface area contributed by atoms with Gasteiger partial charge < -0.3 is 24.3 Å². The summed E-state index contributed by atoms with van der Waals surface area (Å²) in [5.74, 6) is 0.386. The van der Waals surface area contributed by atoms with Crippen LogP contribution in [0.4, 0.5) is 17.1 Å². The van der Waals surface area contributed by atoms with Crippen molar-refractivity contribution in [3.05, 3.63) is 114 Å². The van der Waals surface area contributed by atoms with Crippen molar-refractivity contribution in [1.82, 2.24) is 0 Å². The van der Waals surface area contributed by atoms with Crippen molar-refractivity contribution in [2.75, 3.05) is 16.4 Å². The molecule has 1 saturated heterocycles. The number of rotatable bonds is 6.